The maximum Gasteiger partial charge on any atom is 0.573 e. The van der Waals surface area contributed by atoms with Crippen LogP contribution in [0, 0.1) is 0 Å². The molecule has 0 aliphatic heterocycles. The van der Waals surface area contributed by atoms with Gasteiger partial charge in [0.15, 0.2) is 5.96 Å². The van der Waals surface area contributed by atoms with Crippen LogP contribution in [0.4, 0.5) is 13.2 Å². The van der Waals surface area contributed by atoms with Crippen LogP contribution in [-0.2, 0) is 13.0 Å². The zero-order chi connectivity index (χ0) is 17.4. The third-order valence-corrected chi connectivity index (χ3v) is 3.86. The van der Waals surface area contributed by atoms with Gasteiger partial charge in [0.1, 0.15) is 5.75 Å². The standard InChI is InChI=1S/C16H18F3N3OS/c1-20-15(22-10-13-7-9-24-11-13)21-8-6-12-2-4-14(5-3-12)23-16(17,18)19/h2-5,7,9,11H,6,8,10H2,1H3,(H2,20,21,22). The molecule has 0 unspecified atom stereocenters. The number of guanidine groups is 1. The van der Waals surface area contributed by atoms with Gasteiger partial charge in [-0.2, -0.15) is 11.3 Å². The molecule has 24 heavy (non-hydrogen) atoms. The third-order valence-electron chi connectivity index (χ3n) is 3.13. The van der Waals surface area contributed by atoms with Gasteiger partial charge in [-0.15, -0.1) is 13.2 Å². The Labute approximate surface area is 142 Å². The molecular formula is C16H18F3N3OS. The second-order valence-corrected chi connectivity index (χ2v) is 5.71. The van der Waals surface area contributed by atoms with E-state index in [0.717, 1.165) is 5.56 Å². The van der Waals surface area contributed by atoms with E-state index in [1.807, 2.05) is 11.4 Å². The van der Waals surface area contributed by atoms with Crippen LogP contribution in [0.15, 0.2) is 46.1 Å². The van der Waals surface area contributed by atoms with Crippen molar-refractivity contribution in [2.75, 3.05) is 13.6 Å². The Morgan fingerprint density at radius 2 is 1.88 bits per heavy atom. The Bertz CT molecular complexity index is 640. The van der Waals surface area contributed by atoms with E-state index in [2.05, 4.69) is 25.7 Å². The van der Waals surface area contributed by atoms with E-state index in [0.29, 0.717) is 25.5 Å². The van der Waals surface area contributed by atoms with Gasteiger partial charge in [-0.25, -0.2) is 0 Å². The Morgan fingerprint density at radius 3 is 2.46 bits per heavy atom. The molecule has 1 aromatic carbocycles. The summed E-state index contributed by atoms with van der Waals surface area (Å²) in [7, 11) is 1.69. The highest BCUT2D eigenvalue weighted by Crippen LogP contribution is 2.22. The summed E-state index contributed by atoms with van der Waals surface area (Å²) in [6.07, 6.45) is -4.00. The number of hydrogen-bond donors (Lipinski definition) is 2. The maximum atomic E-state index is 12.1. The normalized spacial score (nSPS) is 12.1. The molecule has 0 fully saturated rings. The lowest BCUT2D eigenvalue weighted by atomic mass is 10.1. The zero-order valence-corrected chi connectivity index (χ0v) is 13.9. The molecule has 4 nitrogen and oxygen atoms in total. The average Bonchev–Trinajstić information content (AvgIpc) is 3.04. The summed E-state index contributed by atoms with van der Waals surface area (Å²) >= 11 is 1.64. The number of rotatable bonds is 6. The van der Waals surface area contributed by atoms with E-state index < -0.39 is 6.36 Å². The third kappa shape index (κ3) is 6.49. The number of thiophene rings is 1. The molecule has 1 aromatic heterocycles. The van der Waals surface area contributed by atoms with Gasteiger partial charge in [-0.1, -0.05) is 12.1 Å². The molecule has 2 aromatic rings. The summed E-state index contributed by atoms with van der Waals surface area (Å²) in [6, 6.07) is 7.89. The van der Waals surface area contributed by atoms with Crippen LogP contribution in [0.1, 0.15) is 11.1 Å². The summed E-state index contributed by atoms with van der Waals surface area (Å²) in [5.74, 6) is 0.464. The van der Waals surface area contributed by atoms with Gasteiger partial charge in [0.05, 0.1) is 0 Å². The monoisotopic (exact) mass is 357 g/mol. The van der Waals surface area contributed by atoms with Crippen molar-refractivity contribution in [1.82, 2.24) is 10.6 Å². The quantitative estimate of drug-likeness (QED) is 0.614. The van der Waals surface area contributed by atoms with Crippen molar-refractivity contribution in [3.8, 4) is 5.75 Å². The number of nitrogens with zero attached hydrogens (tertiary/aromatic N) is 1. The highest BCUT2D eigenvalue weighted by molar-refractivity contribution is 7.07. The van der Waals surface area contributed by atoms with Crippen LogP contribution in [-0.4, -0.2) is 25.9 Å². The fourth-order valence-electron chi connectivity index (χ4n) is 1.98. The van der Waals surface area contributed by atoms with Crippen LogP contribution in [0.3, 0.4) is 0 Å². The van der Waals surface area contributed by atoms with E-state index in [4.69, 9.17) is 0 Å². The van der Waals surface area contributed by atoms with Crippen molar-refractivity contribution in [2.24, 2.45) is 4.99 Å². The van der Waals surface area contributed by atoms with Crippen LogP contribution < -0.4 is 15.4 Å². The number of aliphatic imine (C=N–C) groups is 1. The van der Waals surface area contributed by atoms with Crippen LogP contribution in [0.2, 0.25) is 0 Å². The molecule has 0 saturated carbocycles. The molecule has 1 heterocycles. The molecule has 2 rings (SSSR count). The van der Waals surface area contributed by atoms with Crippen LogP contribution in [0.25, 0.3) is 0 Å². The Morgan fingerprint density at radius 1 is 1.12 bits per heavy atom. The van der Waals surface area contributed by atoms with Crippen molar-refractivity contribution in [3.63, 3.8) is 0 Å². The first-order chi connectivity index (χ1) is 11.5. The highest BCUT2D eigenvalue weighted by atomic mass is 32.1. The van der Waals surface area contributed by atoms with E-state index in [-0.39, 0.29) is 5.75 Å². The van der Waals surface area contributed by atoms with Crippen molar-refractivity contribution in [1.29, 1.82) is 0 Å². The minimum atomic E-state index is -4.66. The number of nitrogens with one attached hydrogen (secondary N) is 2. The van der Waals surface area contributed by atoms with E-state index in [1.165, 1.54) is 17.7 Å². The molecule has 0 bridgehead atoms. The van der Waals surface area contributed by atoms with Gasteiger partial charge in [0.25, 0.3) is 0 Å². The second kappa shape index (κ2) is 8.58. The molecule has 0 spiro atoms. The lowest BCUT2D eigenvalue weighted by Gasteiger charge is -2.12. The SMILES string of the molecule is CN=C(NCCc1ccc(OC(F)(F)F)cc1)NCc1ccsc1. The van der Waals surface area contributed by atoms with E-state index in [9.17, 15) is 13.2 Å². The minimum absolute atomic E-state index is 0.215. The molecule has 0 saturated heterocycles. The molecule has 2 N–H and O–H groups in total. The van der Waals surface area contributed by atoms with Gasteiger partial charge in [0.2, 0.25) is 0 Å². The predicted molar refractivity (Wildman–Crippen MR) is 89.3 cm³/mol. The summed E-state index contributed by atoms with van der Waals surface area (Å²) in [4.78, 5) is 4.13. The molecule has 0 radical (unpaired) electrons. The molecule has 0 amide bonds. The smallest absolute Gasteiger partial charge is 0.406 e. The van der Waals surface area contributed by atoms with E-state index in [1.54, 1.807) is 30.5 Å². The molecule has 0 aliphatic rings. The average molecular weight is 357 g/mol. The summed E-state index contributed by atoms with van der Waals surface area (Å²) in [5.41, 5.74) is 2.09. The number of halogens is 3. The predicted octanol–water partition coefficient (Wildman–Crippen LogP) is 3.55. The van der Waals surface area contributed by atoms with E-state index >= 15 is 0 Å². The zero-order valence-electron chi connectivity index (χ0n) is 13.1. The van der Waals surface area contributed by atoms with Gasteiger partial charge in [-0.3, -0.25) is 4.99 Å². The van der Waals surface area contributed by atoms with Crippen LogP contribution >= 0.6 is 11.3 Å². The van der Waals surface area contributed by atoms with Gasteiger partial charge >= 0.3 is 6.36 Å². The van der Waals surface area contributed by atoms with Crippen molar-refractivity contribution in [3.05, 3.63) is 52.2 Å². The molecule has 0 atom stereocenters. The maximum absolute atomic E-state index is 12.1. The fraction of sp³-hybridized carbons (Fsp3) is 0.312. The number of benzene rings is 1. The molecule has 130 valence electrons. The topological polar surface area (TPSA) is 45.7 Å². The van der Waals surface area contributed by atoms with Crippen molar-refractivity contribution in [2.45, 2.75) is 19.3 Å². The summed E-state index contributed by atoms with van der Waals surface area (Å²) in [5, 5.41) is 10.4. The van der Waals surface area contributed by atoms with Gasteiger partial charge in [-0.05, 0) is 46.5 Å². The second-order valence-electron chi connectivity index (χ2n) is 4.93. The summed E-state index contributed by atoms with van der Waals surface area (Å²) in [6.45, 7) is 1.30. The Hall–Kier alpha value is -2.22. The van der Waals surface area contributed by atoms with Crippen molar-refractivity contribution >= 4 is 17.3 Å². The Kier molecular flexibility index (Phi) is 6.48. The lowest BCUT2D eigenvalue weighted by Crippen LogP contribution is -2.37. The largest absolute Gasteiger partial charge is 0.573 e. The van der Waals surface area contributed by atoms with Gasteiger partial charge in [0, 0.05) is 20.1 Å². The minimum Gasteiger partial charge on any atom is -0.406 e. The molecule has 8 heteroatoms. The first-order valence-electron chi connectivity index (χ1n) is 7.26. The summed E-state index contributed by atoms with van der Waals surface area (Å²) < 4.78 is 40.1. The van der Waals surface area contributed by atoms with Gasteiger partial charge < -0.3 is 15.4 Å². The molecular weight excluding hydrogens is 339 g/mol. The number of ether oxygens (including phenoxy) is 1. The fourth-order valence-corrected chi connectivity index (χ4v) is 2.65. The van der Waals surface area contributed by atoms with Crippen LogP contribution in [0.5, 0.6) is 5.75 Å². The number of hydrogen-bond acceptors (Lipinski definition) is 3. The van der Waals surface area contributed by atoms with Crippen molar-refractivity contribution < 1.29 is 17.9 Å². The highest BCUT2D eigenvalue weighted by Gasteiger charge is 2.30. The number of alkyl halides is 3. The molecule has 0 aliphatic carbocycles. The Balaban J connectivity index is 1.74. The first-order valence-corrected chi connectivity index (χ1v) is 8.21. The lowest BCUT2D eigenvalue weighted by molar-refractivity contribution is -0.274. The first kappa shape index (κ1) is 18.1.